The average molecular weight is 398 g/mol. The number of hydrogen-bond donors (Lipinski definition) is 2. The van der Waals surface area contributed by atoms with Crippen LogP contribution >= 0.6 is 0 Å². The Balaban J connectivity index is 1.24. The molecule has 4 rings (SSSR count). The van der Waals surface area contributed by atoms with Crippen molar-refractivity contribution in [2.45, 2.75) is 64.3 Å². The number of carbonyl (C=O) groups is 1. The van der Waals surface area contributed by atoms with Crippen LogP contribution in [0.25, 0.3) is 0 Å². The van der Waals surface area contributed by atoms with Gasteiger partial charge in [0.15, 0.2) is 0 Å². The molecular formula is C21H31N7O. The fourth-order valence-corrected chi connectivity index (χ4v) is 4.30. The molecule has 1 aromatic heterocycles. The third kappa shape index (κ3) is 4.94. The number of amidine groups is 1. The Morgan fingerprint density at radius 2 is 1.97 bits per heavy atom. The summed E-state index contributed by atoms with van der Waals surface area (Å²) in [4.78, 5) is 20.7. The zero-order valence-electron chi connectivity index (χ0n) is 17.0. The maximum atomic E-state index is 12.1. The van der Waals surface area contributed by atoms with Gasteiger partial charge in [-0.1, -0.05) is 18.1 Å². The molecule has 0 unspecified atom stereocenters. The zero-order chi connectivity index (χ0) is 20.2. The molecule has 2 bridgehead atoms. The molecule has 0 spiro atoms. The summed E-state index contributed by atoms with van der Waals surface area (Å²) >= 11 is 0. The van der Waals surface area contributed by atoms with Crippen molar-refractivity contribution in [2.75, 3.05) is 18.9 Å². The fraction of sp³-hybridized carbons (Fsp3) is 0.571. The van der Waals surface area contributed by atoms with Gasteiger partial charge in [-0.05, 0) is 44.7 Å². The van der Waals surface area contributed by atoms with Crippen molar-refractivity contribution in [3.05, 3.63) is 40.9 Å². The summed E-state index contributed by atoms with van der Waals surface area (Å²) in [5.41, 5.74) is 4.73. The number of amides is 1. The lowest BCUT2D eigenvalue weighted by Gasteiger charge is -2.25. The lowest BCUT2D eigenvalue weighted by molar-refractivity contribution is -0.127. The van der Waals surface area contributed by atoms with Gasteiger partial charge in [0, 0.05) is 43.6 Å². The summed E-state index contributed by atoms with van der Waals surface area (Å²) in [6.45, 7) is 3.09. The number of unbranched alkanes of at least 4 members (excludes halogenated alkanes) is 2. The molecule has 29 heavy (non-hydrogen) atoms. The Morgan fingerprint density at radius 3 is 2.86 bits per heavy atom. The van der Waals surface area contributed by atoms with Crippen LogP contribution in [-0.2, 0) is 17.8 Å². The number of nitrogen functional groups attached to an aromatic ring is 1. The van der Waals surface area contributed by atoms with E-state index < -0.39 is 0 Å². The monoisotopic (exact) mass is 397 g/mol. The number of allylic oxidation sites excluding steroid dienone is 3. The Labute approximate surface area is 171 Å². The maximum Gasteiger partial charge on any atom is 0.242 e. The molecular weight excluding hydrogens is 366 g/mol. The van der Waals surface area contributed by atoms with Gasteiger partial charge >= 0.3 is 0 Å². The van der Waals surface area contributed by atoms with Gasteiger partial charge in [0.25, 0.3) is 0 Å². The molecule has 1 fully saturated rings. The number of hydrogen-bond acceptors (Lipinski definition) is 6. The van der Waals surface area contributed by atoms with Crippen molar-refractivity contribution in [2.24, 2.45) is 10.8 Å². The molecule has 0 atom stereocenters. The first-order chi connectivity index (χ1) is 14.1. The van der Waals surface area contributed by atoms with E-state index >= 15 is 0 Å². The molecule has 4 N–H and O–H groups in total. The third-order valence-electron chi connectivity index (χ3n) is 5.97. The minimum Gasteiger partial charge on any atom is -0.323 e. The largest absolute Gasteiger partial charge is 0.323 e. The normalized spacial score (nSPS) is 20.2. The van der Waals surface area contributed by atoms with E-state index in [1.807, 2.05) is 6.20 Å². The van der Waals surface area contributed by atoms with Gasteiger partial charge in [-0.3, -0.25) is 9.69 Å². The van der Waals surface area contributed by atoms with E-state index in [9.17, 15) is 4.79 Å². The fourth-order valence-electron chi connectivity index (χ4n) is 4.30. The summed E-state index contributed by atoms with van der Waals surface area (Å²) < 4.78 is 0. The van der Waals surface area contributed by atoms with Crippen molar-refractivity contribution >= 4 is 11.7 Å². The first kappa shape index (κ1) is 19.8. The molecule has 0 aromatic carbocycles. The van der Waals surface area contributed by atoms with Gasteiger partial charge in [-0.25, -0.2) is 15.8 Å². The number of aromatic nitrogens is 2. The molecule has 1 aromatic rings. The molecule has 4 heterocycles. The molecule has 0 aliphatic carbocycles. The second-order valence-corrected chi connectivity index (χ2v) is 8.22. The second kappa shape index (κ2) is 8.92. The minimum atomic E-state index is -0.0334. The van der Waals surface area contributed by atoms with Crippen LogP contribution in [0.15, 0.2) is 34.6 Å². The van der Waals surface area contributed by atoms with E-state index in [-0.39, 0.29) is 5.91 Å². The third-order valence-corrected chi connectivity index (χ3v) is 5.97. The highest BCUT2D eigenvalue weighted by atomic mass is 16.2. The van der Waals surface area contributed by atoms with Crippen LogP contribution in [0.3, 0.4) is 0 Å². The highest BCUT2D eigenvalue weighted by molar-refractivity contribution is 5.99. The highest BCUT2D eigenvalue weighted by Gasteiger charge is 2.22. The maximum absolute atomic E-state index is 12.1. The molecule has 8 heteroatoms. The van der Waals surface area contributed by atoms with Gasteiger partial charge in [-0.15, -0.1) is 0 Å². The average Bonchev–Trinajstić information content (AvgIpc) is 2.94. The van der Waals surface area contributed by atoms with E-state index in [0.717, 1.165) is 69.6 Å². The van der Waals surface area contributed by atoms with Crippen LogP contribution in [0.5, 0.6) is 0 Å². The first-order valence-electron chi connectivity index (χ1n) is 10.7. The van der Waals surface area contributed by atoms with Crippen molar-refractivity contribution in [3.63, 3.8) is 0 Å². The Bertz CT molecular complexity index is 851. The van der Waals surface area contributed by atoms with Gasteiger partial charge in [0.2, 0.25) is 5.91 Å². The van der Waals surface area contributed by atoms with Crippen LogP contribution in [0, 0.1) is 0 Å². The van der Waals surface area contributed by atoms with E-state index in [0.29, 0.717) is 18.7 Å². The van der Waals surface area contributed by atoms with Crippen LogP contribution in [0.4, 0.5) is 0 Å². The topological polar surface area (TPSA) is 106 Å². The molecule has 0 saturated carbocycles. The van der Waals surface area contributed by atoms with Gasteiger partial charge in [0.05, 0.1) is 11.9 Å². The predicted octanol–water partition coefficient (Wildman–Crippen LogP) is 2.01. The summed E-state index contributed by atoms with van der Waals surface area (Å²) in [5.74, 6) is 12.4. The number of hydrazine groups is 1. The van der Waals surface area contributed by atoms with Gasteiger partial charge in [0.1, 0.15) is 5.84 Å². The minimum absolute atomic E-state index is 0.0334. The van der Waals surface area contributed by atoms with Crippen molar-refractivity contribution in [3.8, 4) is 0 Å². The molecule has 8 nitrogen and oxygen atoms in total. The van der Waals surface area contributed by atoms with E-state index in [2.05, 4.69) is 22.2 Å². The van der Waals surface area contributed by atoms with Crippen molar-refractivity contribution in [1.82, 2.24) is 19.8 Å². The zero-order valence-corrected chi connectivity index (χ0v) is 17.0. The number of rotatable bonds is 6. The quantitative estimate of drug-likeness (QED) is 0.434. The first-order valence-corrected chi connectivity index (χ1v) is 10.7. The summed E-state index contributed by atoms with van der Waals surface area (Å²) in [5, 5.41) is 5.57. The highest BCUT2D eigenvalue weighted by Crippen LogP contribution is 2.24. The lowest BCUT2D eigenvalue weighted by Crippen LogP contribution is -2.43. The summed E-state index contributed by atoms with van der Waals surface area (Å²) in [6, 6.07) is 0. The Morgan fingerprint density at radius 1 is 1.07 bits per heavy atom. The standard InChI is InChI=1S/C21H31N7O/c22-27-15-17-14-26(12-10-19(17)25-27)11-3-1-2-6-18-9-8-16-5-4-7-21(29)28(23)20(13-16)24-18/h8-9,15H,1-7,10-14,22-23H2. The van der Waals surface area contributed by atoms with Crippen molar-refractivity contribution < 1.29 is 4.79 Å². The number of carbonyl (C=O) groups excluding carboxylic acids is 1. The van der Waals surface area contributed by atoms with E-state index in [4.69, 9.17) is 16.7 Å². The summed E-state index contributed by atoms with van der Waals surface area (Å²) in [7, 11) is 0. The molecule has 1 saturated heterocycles. The summed E-state index contributed by atoms with van der Waals surface area (Å²) in [6.07, 6.45) is 14.5. The molecule has 1 amide bonds. The van der Waals surface area contributed by atoms with Crippen LogP contribution in [0.2, 0.25) is 0 Å². The molecule has 156 valence electrons. The van der Waals surface area contributed by atoms with Gasteiger partial charge < -0.3 is 5.84 Å². The van der Waals surface area contributed by atoms with Gasteiger partial charge in [-0.2, -0.15) is 9.89 Å². The number of nitrogens with two attached hydrogens (primary N) is 2. The van der Waals surface area contributed by atoms with E-state index in [1.54, 1.807) is 0 Å². The SMILES string of the molecule is NN1C(=O)CCCC2=CC=C(CCCCCN3CCc4nn(N)cc4C3)N=C1C2. The van der Waals surface area contributed by atoms with Crippen LogP contribution in [0.1, 0.15) is 62.6 Å². The van der Waals surface area contributed by atoms with Crippen LogP contribution in [-0.4, -0.2) is 44.6 Å². The number of nitrogens with zero attached hydrogens (tertiary/aromatic N) is 5. The Hall–Kier alpha value is -2.45. The molecule has 3 aliphatic heterocycles. The number of aliphatic imine (C=N–C) groups is 1. The van der Waals surface area contributed by atoms with E-state index in [1.165, 1.54) is 27.4 Å². The second-order valence-electron chi connectivity index (χ2n) is 8.22. The lowest BCUT2D eigenvalue weighted by atomic mass is 10.0. The molecule has 0 radical (unpaired) electrons. The Kier molecular flexibility index (Phi) is 6.10. The van der Waals surface area contributed by atoms with Crippen LogP contribution < -0.4 is 11.7 Å². The predicted molar refractivity (Wildman–Crippen MR) is 113 cm³/mol. The van der Waals surface area contributed by atoms with Crippen molar-refractivity contribution in [1.29, 1.82) is 0 Å². The molecule has 3 aliphatic rings. The number of fused-ring (bicyclic) bond motifs is 3. The smallest absolute Gasteiger partial charge is 0.242 e.